The number of guanidine groups is 1. The normalized spacial score (nSPS) is 12.1. The van der Waals surface area contributed by atoms with Crippen LogP contribution in [0.4, 0.5) is 0 Å². The number of nitrogens with zero attached hydrogens (tertiary/aromatic N) is 1. The van der Waals surface area contributed by atoms with Crippen LogP contribution in [0.5, 0.6) is 0 Å². The molecule has 0 spiro atoms. The van der Waals surface area contributed by atoms with Crippen LogP contribution in [0.2, 0.25) is 0 Å². The van der Waals surface area contributed by atoms with Gasteiger partial charge < -0.3 is 15.6 Å². The van der Waals surface area contributed by atoms with Gasteiger partial charge in [-0.05, 0) is 36.8 Å². The van der Waals surface area contributed by atoms with Gasteiger partial charge in [0.1, 0.15) is 0 Å². The predicted octanol–water partition coefficient (Wildman–Crippen LogP) is 3.27. The number of aromatic nitrogens is 1. The van der Waals surface area contributed by atoms with Gasteiger partial charge in [-0.3, -0.25) is 0 Å². The van der Waals surface area contributed by atoms with E-state index in [-0.39, 0.29) is 0 Å². The van der Waals surface area contributed by atoms with E-state index >= 15 is 0 Å². The summed E-state index contributed by atoms with van der Waals surface area (Å²) in [5, 5.41) is 7.90. The van der Waals surface area contributed by atoms with Crippen molar-refractivity contribution in [2.75, 3.05) is 13.1 Å². The molecule has 1 aromatic heterocycles. The fraction of sp³-hybridized carbons (Fsp3) is 0.471. The van der Waals surface area contributed by atoms with Crippen molar-refractivity contribution < 1.29 is 0 Å². The Morgan fingerprint density at radius 3 is 2.76 bits per heavy atom. The van der Waals surface area contributed by atoms with E-state index in [9.17, 15) is 0 Å². The molecule has 0 saturated carbocycles. The van der Waals surface area contributed by atoms with Crippen LogP contribution in [0, 0.1) is 5.92 Å². The monoisotopic (exact) mass is 286 g/mol. The molecule has 0 unspecified atom stereocenters. The summed E-state index contributed by atoms with van der Waals surface area (Å²) in [7, 11) is 0. The first kappa shape index (κ1) is 15.4. The summed E-state index contributed by atoms with van der Waals surface area (Å²) >= 11 is 0. The van der Waals surface area contributed by atoms with Gasteiger partial charge in [0.05, 0.1) is 6.54 Å². The molecule has 4 heteroatoms. The van der Waals surface area contributed by atoms with Crippen molar-refractivity contribution >= 4 is 16.9 Å². The lowest BCUT2D eigenvalue weighted by Gasteiger charge is -2.12. The third kappa shape index (κ3) is 4.81. The first-order valence-corrected chi connectivity index (χ1v) is 7.78. The molecule has 2 aromatic rings. The molecule has 1 heterocycles. The first-order valence-electron chi connectivity index (χ1n) is 7.78. The fourth-order valence-corrected chi connectivity index (χ4v) is 2.20. The van der Waals surface area contributed by atoms with Gasteiger partial charge in [-0.1, -0.05) is 32.0 Å². The van der Waals surface area contributed by atoms with Crippen LogP contribution in [0.3, 0.4) is 0 Å². The van der Waals surface area contributed by atoms with E-state index in [2.05, 4.69) is 65.6 Å². The number of benzene rings is 1. The van der Waals surface area contributed by atoms with Crippen molar-refractivity contribution in [3.63, 3.8) is 0 Å². The maximum absolute atomic E-state index is 4.64. The van der Waals surface area contributed by atoms with Crippen molar-refractivity contribution in [1.29, 1.82) is 0 Å². The Morgan fingerprint density at radius 2 is 2.05 bits per heavy atom. The fourth-order valence-electron chi connectivity index (χ4n) is 2.20. The highest BCUT2D eigenvalue weighted by Gasteiger charge is 2.01. The van der Waals surface area contributed by atoms with E-state index in [0.29, 0.717) is 12.5 Å². The molecule has 0 aliphatic rings. The van der Waals surface area contributed by atoms with E-state index in [4.69, 9.17) is 0 Å². The van der Waals surface area contributed by atoms with Crippen LogP contribution in [0.25, 0.3) is 10.9 Å². The molecule has 3 N–H and O–H groups in total. The van der Waals surface area contributed by atoms with E-state index < -0.39 is 0 Å². The number of nitrogens with one attached hydrogen (secondary N) is 3. The molecule has 1 aromatic carbocycles. The molecule has 0 aliphatic heterocycles. The van der Waals surface area contributed by atoms with E-state index in [1.54, 1.807) is 0 Å². The first-order chi connectivity index (χ1) is 10.2. The Labute approximate surface area is 127 Å². The number of aromatic amines is 1. The summed E-state index contributed by atoms with van der Waals surface area (Å²) in [6.45, 7) is 9.04. The molecule has 0 bridgehead atoms. The molecule has 4 nitrogen and oxygen atoms in total. The molecular weight excluding hydrogens is 260 g/mol. The van der Waals surface area contributed by atoms with Crippen LogP contribution in [0.1, 0.15) is 32.9 Å². The zero-order chi connectivity index (χ0) is 15.1. The average molecular weight is 286 g/mol. The minimum Gasteiger partial charge on any atom is -0.357 e. The van der Waals surface area contributed by atoms with Crippen molar-refractivity contribution in [3.05, 3.63) is 36.0 Å². The lowest BCUT2D eigenvalue weighted by Crippen LogP contribution is -2.38. The number of fused-ring (bicyclic) bond motifs is 1. The van der Waals surface area contributed by atoms with Gasteiger partial charge in [0.2, 0.25) is 0 Å². The van der Waals surface area contributed by atoms with Gasteiger partial charge >= 0.3 is 0 Å². The van der Waals surface area contributed by atoms with E-state index in [0.717, 1.165) is 31.2 Å². The number of hydrogen-bond acceptors (Lipinski definition) is 1. The summed E-state index contributed by atoms with van der Waals surface area (Å²) in [6, 6.07) is 10.5. The number of rotatable bonds is 6. The Bertz CT molecular complexity index is 550. The van der Waals surface area contributed by atoms with E-state index in [1.807, 2.05) is 6.07 Å². The molecule has 114 valence electrons. The van der Waals surface area contributed by atoms with Crippen molar-refractivity contribution in [3.8, 4) is 0 Å². The summed E-state index contributed by atoms with van der Waals surface area (Å²) in [4.78, 5) is 8.04. The second-order valence-corrected chi connectivity index (χ2v) is 5.69. The predicted molar refractivity (Wildman–Crippen MR) is 90.6 cm³/mol. The van der Waals surface area contributed by atoms with Crippen LogP contribution < -0.4 is 10.6 Å². The minimum absolute atomic E-state index is 0.658. The smallest absolute Gasteiger partial charge is 0.191 e. The van der Waals surface area contributed by atoms with Crippen molar-refractivity contribution in [2.24, 2.45) is 10.9 Å². The number of aliphatic imine (C=N–C) groups is 1. The molecule has 0 fully saturated rings. The Balaban J connectivity index is 1.97. The topological polar surface area (TPSA) is 52.2 Å². The Hall–Kier alpha value is -1.97. The highest BCUT2D eigenvalue weighted by Crippen LogP contribution is 2.14. The van der Waals surface area contributed by atoms with Gasteiger partial charge in [-0.25, -0.2) is 4.99 Å². The second kappa shape index (κ2) is 7.72. The second-order valence-electron chi connectivity index (χ2n) is 5.69. The summed E-state index contributed by atoms with van der Waals surface area (Å²) in [5.41, 5.74) is 2.30. The lowest BCUT2D eigenvalue weighted by atomic mass is 10.1. The maximum Gasteiger partial charge on any atom is 0.191 e. The standard InChI is InChI=1S/C17H26N4/c1-4-18-17(19-10-9-13(2)3)20-12-15-11-14-7-5-6-8-16(14)21-15/h5-8,11,13,21H,4,9-10,12H2,1-3H3,(H2,18,19,20). The zero-order valence-corrected chi connectivity index (χ0v) is 13.2. The molecule has 0 amide bonds. The van der Waals surface area contributed by atoms with Gasteiger partial charge in [0, 0.05) is 24.3 Å². The Morgan fingerprint density at radius 1 is 1.24 bits per heavy atom. The van der Waals surface area contributed by atoms with E-state index in [1.165, 1.54) is 10.9 Å². The molecule has 0 saturated heterocycles. The SMILES string of the molecule is CCNC(=NCc1cc2ccccc2[nH]1)NCCC(C)C. The largest absolute Gasteiger partial charge is 0.357 e. The molecule has 0 radical (unpaired) electrons. The molecule has 21 heavy (non-hydrogen) atoms. The highest BCUT2D eigenvalue weighted by atomic mass is 15.2. The molecule has 0 atom stereocenters. The highest BCUT2D eigenvalue weighted by molar-refractivity contribution is 5.81. The molecular formula is C17H26N4. The van der Waals surface area contributed by atoms with Gasteiger partial charge in [0.25, 0.3) is 0 Å². The number of para-hydroxylation sites is 1. The molecule has 0 aliphatic carbocycles. The summed E-state index contributed by atoms with van der Waals surface area (Å²) in [5.74, 6) is 1.59. The third-order valence-electron chi connectivity index (χ3n) is 3.35. The summed E-state index contributed by atoms with van der Waals surface area (Å²) in [6.07, 6.45) is 1.15. The van der Waals surface area contributed by atoms with Crippen LogP contribution >= 0.6 is 0 Å². The van der Waals surface area contributed by atoms with Crippen molar-refractivity contribution in [1.82, 2.24) is 15.6 Å². The third-order valence-corrected chi connectivity index (χ3v) is 3.35. The molecule has 2 rings (SSSR count). The Kier molecular flexibility index (Phi) is 5.67. The number of H-pyrrole nitrogens is 1. The maximum atomic E-state index is 4.64. The van der Waals surface area contributed by atoms with Crippen molar-refractivity contribution in [2.45, 2.75) is 33.7 Å². The van der Waals surface area contributed by atoms with Gasteiger partial charge in [0.15, 0.2) is 5.96 Å². The van der Waals surface area contributed by atoms with Crippen LogP contribution in [-0.2, 0) is 6.54 Å². The van der Waals surface area contributed by atoms with Gasteiger partial charge in [-0.15, -0.1) is 0 Å². The lowest BCUT2D eigenvalue weighted by molar-refractivity contribution is 0.573. The average Bonchev–Trinajstić information content (AvgIpc) is 2.87. The quantitative estimate of drug-likeness (QED) is 0.564. The summed E-state index contributed by atoms with van der Waals surface area (Å²) < 4.78 is 0. The minimum atomic E-state index is 0.658. The van der Waals surface area contributed by atoms with Crippen LogP contribution in [-0.4, -0.2) is 24.0 Å². The zero-order valence-electron chi connectivity index (χ0n) is 13.2. The number of hydrogen-bond donors (Lipinski definition) is 3. The van der Waals surface area contributed by atoms with Gasteiger partial charge in [-0.2, -0.15) is 0 Å². The van der Waals surface area contributed by atoms with Crippen LogP contribution in [0.15, 0.2) is 35.3 Å².